The van der Waals surface area contributed by atoms with Gasteiger partial charge in [0.1, 0.15) is 3.70 Å². The Morgan fingerprint density at radius 3 is 2.56 bits per heavy atom. The quantitative estimate of drug-likeness (QED) is 0.751. The van der Waals surface area contributed by atoms with Crippen molar-refractivity contribution in [3.8, 4) is 0 Å². The zero-order valence-electron chi connectivity index (χ0n) is 4.24. The summed E-state index contributed by atoms with van der Waals surface area (Å²) in [5.41, 5.74) is -0.0319. The molecule has 0 atom stereocenters. The molecule has 0 saturated heterocycles. The summed E-state index contributed by atoms with van der Waals surface area (Å²) in [5, 5.41) is 5.84. The molecular weight excluding hydrogens is 241 g/mol. The monoisotopic (exact) mass is 244 g/mol. The van der Waals surface area contributed by atoms with Gasteiger partial charge < -0.3 is 0 Å². The van der Waals surface area contributed by atoms with E-state index in [0.717, 1.165) is 6.20 Å². The predicted molar refractivity (Wildman–Crippen MR) is 36.3 cm³/mol. The highest BCUT2D eigenvalue weighted by Gasteiger charge is 2.11. The summed E-state index contributed by atoms with van der Waals surface area (Å²) in [4.78, 5) is 0. The molecule has 0 spiro atoms. The Labute approximate surface area is 63.8 Å². The van der Waals surface area contributed by atoms with Crippen LogP contribution in [-0.2, 0) is 0 Å². The Morgan fingerprint density at radius 2 is 2.33 bits per heavy atom. The normalized spacial score (nSPS) is 10.7. The minimum atomic E-state index is -2.42. The number of hydrogen-bond acceptors (Lipinski definition) is 1. The number of rotatable bonds is 1. The van der Waals surface area contributed by atoms with Gasteiger partial charge in [-0.2, -0.15) is 5.10 Å². The minimum Gasteiger partial charge on any atom is -0.272 e. The van der Waals surface area contributed by atoms with Crippen LogP contribution in [0.15, 0.2) is 6.20 Å². The maximum Gasteiger partial charge on any atom is 0.267 e. The topological polar surface area (TPSA) is 28.7 Å². The van der Waals surface area contributed by atoms with Crippen LogP contribution in [0.5, 0.6) is 0 Å². The minimum absolute atomic E-state index is 0.0319. The number of H-pyrrole nitrogens is 1. The number of halogens is 3. The van der Waals surface area contributed by atoms with Crippen LogP contribution in [-0.4, -0.2) is 10.2 Å². The van der Waals surface area contributed by atoms with E-state index in [4.69, 9.17) is 0 Å². The lowest BCUT2D eigenvalue weighted by atomic mass is 10.4. The summed E-state index contributed by atoms with van der Waals surface area (Å²) in [7, 11) is 0. The SMILES string of the molecule is FC(F)c1cn[nH]c1I. The van der Waals surface area contributed by atoms with Gasteiger partial charge in [0.15, 0.2) is 0 Å². The molecule has 5 heteroatoms. The second-order valence-electron chi connectivity index (χ2n) is 1.44. The fraction of sp³-hybridized carbons (Fsp3) is 0.250. The number of aromatic nitrogens is 2. The Balaban J connectivity index is 2.94. The van der Waals surface area contributed by atoms with Crippen molar-refractivity contribution in [2.24, 2.45) is 0 Å². The van der Waals surface area contributed by atoms with E-state index in [1.165, 1.54) is 0 Å². The first-order valence-corrected chi connectivity index (χ1v) is 3.26. The van der Waals surface area contributed by atoms with E-state index in [2.05, 4.69) is 10.2 Å². The fourth-order valence-electron chi connectivity index (χ4n) is 0.432. The summed E-state index contributed by atoms with van der Waals surface area (Å²) in [6, 6.07) is 0. The summed E-state index contributed by atoms with van der Waals surface area (Å²) in [6.45, 7) is 0. The van der Waals surface area contributed by atoms with Crippen molar-refractivity contribution in [1.82, 2.24) is 10.2 Å². The molecule has 0 fully saturated rings. The maximum absolute atomic E-state index is 11.8. The molecule has 0 unspecified atom stereocenters. The summed E-state index contributed by atoms with van der Waals surface area (Å²) in [5.74, 6) is 0. The molecule has 0 bridgehead atoms. The first-order chi connectivity index (χ1) is 4.22. The molecule has 1 aromatic rings. The van der Waals surface area contributed by atoms with Gasteiger partial charge in [-0.05, 0) is 22.6 Å². The second-order valence-corrected chi connectivity index (χ2v) is 2.52. The van der Waals surface area contributed by atoms with E-state index in [-0.39, 0.29) is 5.56 Å². The molecule has 0 amide bonds. The van der Waals surface area contributed by atoms with Gasteiger partial charge in [0.2, 0.25) is 0 Å². The van der Waals surface area contributed by atoms with Gasteiger partial charge in [-0.1, -0.05) is 0 Å². The zero-order chi connectivity index (χ0) is 6.85. The molecule has 9 heavy (non-hydrogen) atoms. The number of nitrogens with zero attached hydrogens (tertiary/aromatic N) is 1. The third-order valence-corrected chi connectivity index (χ3v) is 1.72. The lowest BCUT2D eigenvalue weighted by Crippen LogP contribution is -1.82. The van der Waals surface area contributed by atoms with E-state index in [0.29, 0.717) is 3.70 Å². The highest BCUT2D eigenvalue weighted by atomic mass is 127. The average Bonchev–Trinajstić information content (AvgIpc) is 2.13. The molecule has 0 saturated carbocycles. The molecule has 0 aliphatic carbocycles. The van der Waals surface area contributed by atoms with E-state index in [9.17, 15) is 8.78 Å². The van der Waals surface area contributed by atoms with Crippen LogP contribution in [0.4, 0.5) is 8.78 Å². The van der Waals surface area contributed by atoms with Gasteiger partial charge in [-0.15, -0.1) is 0 Å². The molecule has 0 aromatic carbocycles. The van der Waals surface area contributed by atoms with Crippen molar-refractivity contribution in [3.63, 3.8) is 0 Å². The second kappa shape index (κ2) is 2.59. The maximum atomic E-state index is 11.8. The standard InChI is InChI=1S/C4H3F2IN2/c5-3(6)2-1-8-9-4(2)7/h1,3H,(H,8,9). The van der Waals surface area contributed by atoms with Gasteiger partial charge in [0.25, 0.3) is 6.43 Å². The third-order valence-electron chi connectivity index (χ3n) is 0.855. The Morgan fingerprint density at radius 1 is 1.67 bits per heavy atom. The number of hydrogen-bond donors (Lipinski definition) is 1. The molecular formula is C4H3F2IN2. The highest BCUT2D eigenvalue weighted by molar-refractivity contribution is 14.1. The van der Waals surface area contributed by atoms with Crippen molar-refractivity contribution in [3.05, 3.63) is 15.5 Å². The molecule has 0 radical (unpaired) electrons. The van der Waals surface area contributed by atoms with E-state index >= 15 is 0 Å². The first-order valence-electron chi connectivity index (χ1n) is 2.18. The van der Waals surface area contributed by atoms with Crippen LogP contribution in [0.1, 0.15) is 12.0 Å². The summed E-state index contributed by atoms with van der Waals surface area (Å²) in [6.07, 6.45) is -1.29. The lowest BCUT2D eigenvalue weighted by molar-refractivity contribution is 0.150. The number of alkyl halides is 2. The molecule has 2 nitrogen and oxygen atoms in total. The smallest absolute Gasteiger partial charge is 0.267 e. The molecule has 0 aliphatic heterocycles. The summed E-state index contributed by atoms with van der Waals surface area (Å²) >= 11 is 1.77. The third kappa shape index (κ3) is 1.38. The number of nitrogens with one attached hydrogen (secondary N) is 1. The van der Waals surface area contributed by atoms with Gasteiger partial charge in [-0.25, -0.2) is 8.78 Å². The van der Waals surface area contributed by atoms with Crippen LogP contribution in [0.25, 0.3) is 0 Å². The van der Waals surface area contributed by atoms with Crippen LogP contribution >= 0.6 is 22.6 Å². The van der Waals surface area contributed by atoms with Crippen molar-refractivity contribution < 1.29 is 8.78 Å². The lowest BCUT2D eigenvalue weighted by Gasteiger charge is -1.90. The number of aromatic amines is 1. The largest absolute Gasteiger partial charge is 0.272 e. The first kappa shape index (κ1) is 6.91. The molecule has 0 aliphatic rings. The van der Waals surface area contributed by atoms with Crippen molar-refractivity contribution >= 4 is 22.6 Å². The van der Waals surface area contributed by atoms with Gasteiger partial charge in [-0.3, -0.25) is 5.10 Å². The highest BCUT2D eigenvalue weighted by Crippen LogP contribution is 2.21. The van der Waals surface area contributed by atoms with Crippen molar-refractivity contribution in [2.45, 2.75) is 6.43 Å². The van der Waals surface area contributed by atoms with Crippen LogP contribution in [0, 0.1) is 3.70 Å². The Hall–Kier alpha value is -0.200. The van der Waals surface area contributed by atoms with Crippen molar-refractivity contribution in [1.29, 1.82) is 0 Å². The van der Waals surface area contributed by atoms with Crippen LogP contribution < -0.4 is 0 Å². The fourth-order valence-corrected chi connectivity index (χ4v) is 0.946. The molecule has 1 N–H and O–H groups in total. The molecule has 1 aromatic heterocycles. The van der Waals surface area contributed by atoms with Gasteiger partial charge in [0, 0.05) is 0 Å². The zero-order valence-corrected chi connectivity index (χ0v) is 6.39. The molecule has 1 rings (SSSR count). The van der Waals surface area contributed by atoms with E-state index in [1.54, 1.807) is 22.6 Å². The summed E-state index contributed by atoms with van der Waals surface area (Å²) < 4.78 is 24.0. The average molecular weight is 244 g/mol. The molecule has 1 heterocycles. The van der Waals surface area contributed by atoms with Gasteiger partial charge >= 0.3 is 0 Å². The Kier molecular flexibility index (Phi) is 1.99. The Bertz CT molecular complexity index is 198. The molecule has 50 valence electrons. The van der Waals surface area contributed by atoms with Crippen LogP contribution in [0.2, 0.25) is 0 Å². The van der Waals surface area contributed by atoms with Crippen LogP contribution in [0.3, 0.4) is 0 Å². The van der Waals surface area contributed by atoms with Gasteiger partial charge in [0.05, 0.1) is 11.8 Å². The van der Waals surface area contributed by atoms with E-state index in [1.807, 2.05) is 0 Å². The van der Waals surface area contributed by atoms with E-state index < -0.39 is 6.43 Å². The predicted octanol–water partition coefficient (Wildman–Crippen LogP) is 1.95. The van der Waals surface area contributed by atoms with Crippen molar-refractivity contribution in [2.75, 3.05) is 0 Å².